The van der Waals surface area contributed by atoms with Crippen LogP contribution in [-0.4, -0.2) is 65.6 Å². The highest BCUT2D eigenvalue weighted by Crippen LogP contribution is 2.29. The fourth-order valence-electron chi connectivity index (χ4n) is 4.69. The smallest absolute Gasteiger partial charge is 0.355 e. The number of hydrogen-bond acceptors (Lipinski definition) is 4. The van der Waals surface area contributed by atoms with Crippen LogP contribution >= 0.6 is 11.6 Å². The molecule has 1 fully saturated rings. The first-order valence-corrected chi connectivity index (χ1v) is 14.4. The van der Waals surface area contributed by atoms with Gasteiger partial charge in [-0.15, -0.1) is 0 Å². The summed E-state index contributed by atoms with van der Waals surface area (Å²) in [6.45, 7) is 1.43. The predicted octanol–water partition coefficient (Wildman–Crippen LogP) is 4.34. The first kappa shape index (κ1) is 32.9. The third-order valence-electron chi connectivity index (χ3n) is 6.88. The number of benzene rings is 2. The molecule has 2 aromatic carbocycles. The number of nitrogens with zero attached hydrogens (tertiary/aromatic N) is 2. The van der Waals surface area contributed by atoms with E-state index in [1.54, 1.807) is 24.3 Å². The minimum Gasteiger partial charge on any atom is -0.355 e. The molecule has 1 aliphatic rings. The van der Waals surface area contributed by atoms with Gasteiger partial charge in [-0.3, -0.25) is 19.2 Å². The highest BCUT2D eigenvalue weighted by atomic mass is 35.5. The Kier molecular flexibility index (Phi) is 12.2. The van der Waals surface area contributed by atoms with Crippen LogP contribution in [0.2, 0.25) is 5.02 Å². The molecular formula is C30H36ClF3N4O4. The maximum absolute atomic E-state index is 13.8. The van der Waals surface area contributed by atoms with Gasteiger partial charge < -0.3 is 20.4 Å². The summed E-state index contributed by atoms with van der Waals surface area (Å²) in [6.07, 6.45) is -2.28. The molecule has 0 spiro atoms. The van der Waals surface area contributed by atoms with E-state index in [-0.39, 0.29) is 38.4 Å². The molecule has 12 heteroatoms. The quantitative estimate of drug-likeness (QED) is 0.489. The normalized spacial score (nSPS) is 18.3. The molecular weight excluding hydrogens is 573 g/mol. The summed E-state index contributed by atoms with van der Waals surface area (Å²) in [5.41, 5.74) is 0.214. The lowest BCUT2D eigenvalue weighted by Crippen LogP contribution is -2.52. The minimum absolute atomic E-state index is 0.0227. The molecule has 1 saturated heterocycles. The maximum Gasteiger partial charge on any atom is 0.416 e. The molecule has 0 saturated carbocycles. The van der Waals surface area contributed by atoms with Crippen LogP contribution in [0.5, 0.6) is 0 Å². The number of alkyl halides is 3. The van der Waals surface area contributed by atoms with Gasteiger partial charge in [0.15, 0.2) is 0 Å². The molecule has 0 bridgehead atoms. The summed E-state index contributed by atoms with van der Waals surface area (Å²) in [5.74, 6) is -1.73. The van der Waals surface area contributed by atoms with Gasteiger partial charge in [0.2, 0.25) is 23.6 Å². The Morgan fingerprint density at radius 1 is 0.929 bits per heavy atom. The Balaban J connectivity index is 1.90. The van der Waals surface area contributed by atoms with Crippen molar-refractivity contribution in [1.29, 1.82) is 0 Å². The third kappa shape index (κ3) is 10.3. The lowest BCUT2D eigenvalue weighted by atomic mass is 10.1. The van der Waals surface area contributed by atoms with Crippen molar-refractivity contribution in [3.8, 4) is 0 Å². The lowest BCUT2D eigenvalue weighted by molar-refractivity contribution is -0.144. The van der Waals surface area contributed by atoms with E-state index in [9.17, 15) is 32.3 Å². The summed E-state index contributed by atoms with van der Waals surface area (Å²) >= 11 is 6.15. The van der Waals surface area contributed by atoms with E-state index >= 15 is 0 Å². The number of carbonyl (C=O) groups is 4. The Morgan fingerprint density at radius 3 is 2.38 bits per heavy atom. The van der Waals surface area contributed by atoms with Gasteiger partial charge in [0.1, 0.15) is 12.6 Å². The van der Waals surface area contributed by atoms with Gasteiger partial charge in [-0.05, 0) is 55.0 Å². The number of nitrogens with one attached hydrogen (secondary N) is 2. The van der Waals surface area contributed by atoms with Crippen molar-refractivity contribution in [3.63, 3.8) is 0 Å². The summed E-state index contributed by atoms with van der Waals surface area (Å²) in [4.78, 5) is 55.3. The number of amides is 4. The first-order valence-electron chi connectivity index (χ1n) is 14.0. The van der Waals surface area contributed by atoms with Gasteiger partial charge in [0, 0.05) is 31.1 Å². The molecule has 228 valence electrons. The summed E-state index contributed by atoms with van der Waals surface area (Å²) < 4.78 is 39.7. The van der Waals surface area contributed by atoms with Gasteiger partial charge >= 0.3 is 6.18 Å². The van der Waals surface area contributed by atoms with E-state index in [1.165, 1.54) is 21.9 Å². The average Bonchev–Trinajstić information content (AvgIpc) is 2.93. The van der Waals surface area contributed by atoms with Gasteiger partial charge in [-0.25, -0.2) is 0 Å². The highest BCUT2D eigenvalue weighted by molar-refractivity contribution is 6.30. The zero-order valence-corrected chi connectivity index (χ0v) is 24.3. The summed E-state index contributed by atoms with van der Waals surface area (Å²) in [7, 11) is 0. The van der Waals surface area contributed by atoms with Crippen LogP contribution in [0.1, 0.15) is 55.7 Å². The van der Waals surface area contributed by atoms with Crippen molar-refractivity contribution in [2.45, 2.75) is 64.2 Å². The topological polar surface area (TPSA) is 98.8 Å². The van der Waals surface area contributed by atoms with Gasteiger partial charge in [0.05, 0.1) is 12.1 Å². The average molecular weight is 609 g/mol. The van der Waals surface area contributed by atoms with Crippen molar-refractivity contribution in [2.24, 2.45) is 0 Å². The molecule has 0 aliphatic carbocycles. The Bertz CT molecular complexity index is 1260. The highest BCUT2D eigenvalue weighted by Gasteiger charge is 2.31. The third-order valence-corrected chi connectivity index (χ3v) is 7.11. The van der Waals surface area contributed by atoms with Crippen LogP contribution in [0.4, 0.5) is 13.2 Å². The van der Waals surface area contributed by atoms with E-state index in [1.807, 2.05) is 6.92 Å². The molecule has 0 aromatic heterocycles. The summed E-state index contributed by atoms with van der Waals surface area (Å²) in [6, 6.07) is 10.8. The van der Waals surface area contributed by atoms with Crippen LogP contribution in [0.25, 0.3) is 0 Å². The number of halogens is 4. The van der Waals surface area contributed by atoms with E-state index < -0.39 is 42.0 Å². The van der Waals surface area contributed by atoms with Crippen molar-refractivity contribution in [2.75, 3.05) is 26.2 Å². The molecule has 0 unspecified atom stereocenters. The van der Waals surface area contributed by atoms with Crippen LogP contribution < -0.4 is 10.6 Å². The second-order valence-electron chi connectivity index (χ2n) is 10.3. The van der Waals surface area contributed by atoms with E-state index in [4.69, 9.17) is 11.6 Å². The maximum atomic E-state index is 13.8. The lowest BCUT2D eigenvalue weighted by Gasteiger charge is -2.30. The zero-order chi connectivity index (χ0) is 30.7. The molecule has 8 nitrogen and oxygen atoms in total. The largest absolute Gasteiger partial charge is 0.416 e. The number of carbonyl (C=O) groups excluding carboxylic acids is 4. The molecule has 1 aliphatic heterocycles. The molecule has 3 rings (SSSR count). The van der Waals surface area contributed by atoms with Crippen molar-refractivity contribution >= 4 is 35.2 Å². The first-order chi connectivity index (χ1) is 20.0. The Hall–Kier alpha value is -3.60. The van der Waals surface area contributed by atoms with Crippen molar-refractivity contribution in [3.05, 3.63) is 70.2 Å². The van der Waals surface area contributed by atoms with E-state index in [2.05, 4.69) is 10.6 Å². The second-order valence-corrected chi connectivity index (χ2v) is 10.7. The monoisotopic (exact) mass is 608 g/mol. The fraction of sp³-hybridized carbons (Fsp3) is 0.467. The number of rotatable bonds is 7. The second kappa shape index (κ2) is 15.6. The fourth-order valence-corrected chi connectivity index (χ4v) is 4.90. The standard InChI is InChI=1S/C30H36ClF3N4O4/c1-2-7-25-29(42)38(18-22-9-6-11-24(31)17-22)20-28(41)37(19-27(40)35-14-4-3-12-26(39)36-25)15-13-21-8-5-10-23(16-21)30(32,33)34/h5-6,8-11,16-17,25H,2-4,7,12-15,18-20H2,1H3,(H,35,40)(H,36,39)/t25-/m0/s1. The van der Waals surface area contributed by atoms with Crippen molar-refractivity contribution in [1.82, 2.24) is 20.4 Å². The Morgan fingerprint density at radius 2 is 1.67 bits per heavy atom. The van der Waals surface area contributed by atoms with Gasteiger partial charge in [-0.1, -0.05) is 55.3 Å². The molecule has 42 heavy (non-hydrogen) atoms. The number of hydrogen-bond donors (Lipinski definition) is 2. The molecule has 2 N–H and O–H groups in total. The molecule has 4 amide bonds. The minimum atomic E-state index is -4.51. The van der Waals surface area contributed by atoms with Crippen molar-refractivity contribution < 1.29 is 32.3 Å². The zero-order valence-electron chi connectivity index (χ0n) is 23.5. The van der Waals surface area contributed by atoms with Gasteiger partial charge in [0.25, 0.3) is 0 Å². The molecule has 1 atom stereocenters. The molecule has 1 heterocycles. The molecule has 2 aromatic rings. The van der Waals surface area contributed by atoms with Crippen LogP contribution in [0, 0.1) is 0 Å². The Labute approximate surface area is 248 Å². The van der Waals surface area contributed by atoms with Crippen LogP contribution in [0.15, 0.2) is 48.5 Å². The molecule has 0 radical (unpaired) electrons. The van der Waals surface area contributed by atoms with Crippen LogP contribution in [0.3, 0.4) is 0 Å². The predicted molar refractivity (Wildman–Crippen MR) is 152 cm³/mol. The van der Waals surface area contributed by atoms with Gasteiger partial charge in [-0.2, -0.15) is 13.2 Å². The van der Waals surface area contributed by atoms with E-state index in [0.717, 1.165) is 12.1 Å². The SMILES string of the molecule is CCC[C@@H]1NC(=O)CCCCNC(=O)CN(CCc2cccc(C(F)(F)F)c2)C(=O)CN(Cc2cccc(Cl)c2)C1=O. The van der Waals surface area contributed by atoms with Crippen LogP contribution in [-0.2, 0) is 38.3 Å². The van der Waals surface area contributed by atoms with E-state index in [0.29, 0.717) is 48.4 Å². The summed E-state index contributed by atoms with van der Waals surface area (Å²) in [5, 5.41) is 5.98.